The highest BCUT2D eigenvalue weighted by molar-refractivity contribution is 7.11. The summed E-state index contributed by atoms with van der Waals surface area (Å²) in [6, 6.07) is 0.447. The molecule has 0 saturated heterocycles. The van der Waals surface area contributed by atoms with Gasteiger partial charge < -0.3 is 5.32 Å². The van der Waals surface area contributed by atoms with Crippen LogP contribution in [0.25, 0.3) is 0 Å². The summed E-state index contributed by atoms with van der Waals surface area (Å²) < 4.78 is 0. The minimum atomic E-state index is 0.447. The second kappa shape index (κ2) is 4.72. The first kappa shape index (κ1) is 10.7. The van der Waals surface area contributed by atoms with Crippen LogP contribution in [-0.2, 0) is 0 Å². The number of hydrogen-bond donors (Lipinski definition) is 1. The van der Waals surface area contributed by atoms with Crippen LogP contribution < -0.4 is 5.32 Å². The molecule has 1 rings (SSSR count). The van der Waals surface area contributed by atoms with Crippen LogP contribution in [0.1, 0.15) is 41.4 Å². The molecule has 3 heteroatoms. The Morgan fingerprint density at radius 1 is 1.46 bits per heavy atom. The Hall–Kier alpha value is -0.410. The molecule has 0 aromatic carbocycles. The van der Waals surface area contributed by atoms with Gasteiger partial charge in [0.15, 0.2) is 0 Å². The molecule has 1 N–H and O–H groups in total. The minimum Gasteiger partial charge on any atom is -0.311 e. The highest BCUT2D eigenvalue weighted by Gasteiger charge is 2.13. The molecule has 1 heterocycles. The van der Waals surface area contributed by atoms with Crippen molar-refractivity contribution in [1.82, 2.24) is 10.3 Å². The van der Waals surface area contributed by atoms with Gasteiger partial charge in [0.2, 0.25) is 0 Å². The molecule has 13 heavy (non-hydrogen) atoms. The summed E-state index contributed by atoms with van der Waals surface area (Å²) in [5.74, 6) is 0. The van der Waals surface area contributed by atoms with E-state index in [1.807, 2.05) is 18.4 Å². The van der Waals surface area contributed by atoms with E-state index in [9.17, 15) is 0 Å². The normalized spacial score (nSPS) is 13.2. The Balaban J connectivity index is 2.78. The van der Waals surface area contributed by atoms with Gasteiger partial charge in [0.1, 0.15) is 5.01 Å². The van der Waals surface area contributed by atoms with Crippen LogP contribution in [0.5, 0.6) is 0 Å². The number of aromatic nitrogens is 1. The van der Waals surface area contributed by atoms with Gasteiger partial charge in [0, 0.05) is 4.88 Å². The Kier molecular flexibility index (Phi) is 3.88. The maximum Gasteiger partial charge on any atom is 0.110 e. The van der Waals surface area contributed by atoms with Crippen molar-refractivity contribution < 1.29 is 0 Å². The zero-order chi connectivity index (χ0) is 9.84. The van der Waals surface area contributed by atoms with E-state index >= 15 is 0 Å². The van der Waals surface area contributed by atoms with Gasteiger partial charge in [-0.05, 0) is 27.3 Å². The summed E-state index contributed by atoms with van der Waals surface area (Å²) in [5, 5.41) is 4.54. The summed E-state index contributed by atoms with van der Waals surface area (Å²) in [7, 11) is 2.01. The van der Waals surface area contributed by atoms with E-state index in [0.717, 1.165) is 0 Å². The lowest BCUT2D eigenvalue weighted by atomic mass is 10.2. The molecule has 1 unspecified atom stereocenters. The van der Waals surface area contributed by atoms with E-state index in [-0.39, 0.29) is 0 Å². The summed E-state index contributed by atoms with van der Waals surface area (Å²) in [5.41, 5.74) is 1.18. The van der Waals surface area contributed by atoms with E-state index in [1.54, 1.807) is 0 Å². The van der Waals surface area contributed by atoms with E-state index < -0.39 is 0 Å². The van der Waals surface area contributed by atoms with Gasteiger partial charge in [0.05, 0.1) is 11.7 Å². The fraction of sp³-hybridized carbons (Fsp3) is 0.700. The van der Waals surface area contributed by atoms with Crippen molar-refractivity contribution in [1.29, 1.82) is 0 Å². The Morgan fingerprint density at radius 2 is 2.15 bits per heavy atom. The van der Waals surface area contributed by atoms with Crippen molar-refractivity contribution in [3.8, 4) is 0 Å². The molecule has 0 saturated carbocycles. The SMILES string of the molecule is CCCC(NC)c1nc(C)c(C)s1. The third-order valence-corrected chi connectivity index (χ3v) is 3.46. The highest BCUT2D eigenvalue weighted by atomic mass is 32.1. The van der Waals surface area contributed by atoms with Crippen molar-refractivity contribution in [3.05, 3.63) is 15.6 Å². The maximum atomic E-state index is 4.56. The molecule has 0 fully saturated rings. The smallest absolute Gasteiger partial charge is 0.110 e. The molecule has 74 valence electrons. The first-order valence-electron chi connectivity index (χ1n) is 4.80. The molecule has 0 spiro atoms. The Labute approximate surface area is 84.4 Å². The number of hydrogen-bond acceptors (Lipinski definition) is 3. The molecule has 0 bridgehead atoms. The maximum absolute atomic E-state index is 4.56. The van der Waals surface area contributed by atoms with Gasteiger partial charge in [-0.1, -0.05) is 13.3 Å². The molecule has 0 aliphatic rings. The average Bonchev–Trinajstić information content (AvgIpc) is 2.43. The van der Waals surface area contributed by atoms with Gasteiger partial charge in [0.25, 0.3) is 0 Å². The molecule has 2 nitrogen and oxygen atoms in total. The average molecular weight is 198 g/mol. The predicted octanol–water partition coefficient (Wildman–Crippen LogP) is 2.82. The molecule has 1 aromatic heterocycles. The summed E-state index contributed by atoms with van der Waals surface area (Å²) in [4.78, 5) is 5.90. The molecule has 0 aliphatic heterocycles. The van der Waals surface area contributed by atoms with Crippen molar-refractivity contribution in [3.63, 3.8) is 0 Å². The monoisotopic (exact) mass is 198 g/mol. The Bertz CT molecular complexity index is 248. The summed E-state index contributed by atoms with van der Waals surface area (Å²) in [6.45, 7) is 6.42. The second-order valence-corrected chi connectivity index (χ2v) is 4.56. The largest absolute Gasteiger partial charge is 0.311 e. The van der Waals surface area contributed by atoms with Crippen molar-refractivity contribution in [2.45, 2.75) is 39.7 Å². The van der Waals surface area contributed by atoms with Crippen molar-refractivity contribution in [2.24, 2.45) is 0 Å². The number of nitrogens with one attached hydrogen (secondary N) is 1. The van der Waals surface area contributed by atoms with Crippen LogP contribution in [-0.4, -0.2) is 12.0 Å². The number of rotatable bonds is 4. The minimum absolute atomic E-state index is 0.447. The van der Waals surface area contributed by atoms with E-state index in [2.05, 4.69) is 31.1 Å². The lowest BCUT2D eigenvalue weighted by Crippen LogP contribution is -2.15. The van der Waals surface area contributed by atoms with Crippen LogP contribution in [0.3, 0.4) is 0 Å². The number of nitrogens with zero attached hydrogens (tertiary/aromatic N) is 1. The molecule has 1 atom stereocenters. The molecule has 0 amide bonds. The number of aryl methyl sites for hydroxylation is 2. The quantitative estimate of drug-likeness (QED) is 0.804. The van der Waals surface area contributed by atoms with Gasteiger partial charge in [-0.25, -0.2) is 4.98 Å². The summed E-state index contributed by atoms with van der Waals surface area (Å²) in [6.07, 6.45) is 2.37. The Morgan fingerprint density at radius 3 is 2.54 bits per heavy atom. The molecule has 1 aromatic rings. The van der Waals surface area contributed by atoms with Crippen LogP contribution in [0, 0.1) is 13.8 Å². The molecular weight excluding hydrogens is 180 g/mol. The second-order valence-electron chi connectivity index (χ2n) is 3.32. The molecule has 0 radical (unpaired) electrons. The lowest BCUT2D eigenvalue weighted by Gasteiger charge is -2.11. The van der Waals surface area contributed by atoms with Crippen LogP contribution >= 0.6 is 11.3 Å². The standard InChI is InChI=1S/C10H18N2S/c1-5-6-9(11-4)10-12-7(2)8(3)13-10/h9,11H,5-6H2,1-4H3. The molecule has 0 aliphatic carbocycles. The third kappa shape index (κ3) is 2.51. The van der Waals surface area contributed by atoms with Crippen LogP contribution in [0.4, 0.5) is 0 Å². The van der Waals surface area contributed by atoms with Gasteiger partial charge in [-0.2, -0.15) is 0 Å². The van der Waals surface area contributed by atoms with Gasteiger partial charge >= 0.3 is 0 Å². The number of thiazole rings is 1. The van der Waals surface area contributed by atoms with Gasteiger partial charge in [-0.15, -0.1) is 11.3 Å². The predicted molar refractivity (Wildman–Crippen MR) is 58.3 cm³/mol. The molecular formula is C10H18N2S. The van der Waals surface area contributed by atoms with Crippen molar-refractivity contribution in [2.75, 3.05) is 7.05 Å². The van der Waals surface area contributed by atoms with E-state index in [0.29, 0.717) is 6.04 Å². The van der Waals surface area contributed by atoms with E-state index in [4.69, 9.17) is 0 Å². The summed E-state index contributed by atoms with van der Waals surface area (Å²) >= 11 is 1.81. The fourth-order valence-corrected chi connectivity index (χ4v) is 2.39. The van der Waals surface area contributed by atoms with Crippen LogP contribution in [0.2, 0.25) is 0 Å². The zero-order valence-corrected chi connectivity index (χ0v) is 9.66. The fourth-order valence-electron chi connectivity index (χ4n) is 1.33. The van der Waals surface area contributed by atoms with Crippen LogP contribution in [0.15, 0.2) is 0 Å². The lowest BCUT2D eigenvalue weighted by molar-refractivity contribution is 0.538. The van der Waals surface area contributed by atoms with Gasteiger partial charge in [-0.3, -0.25) is 0 Å². The first-order valence-corrected chi connectivity index (χ1v) is 5.61. The zero-order valence-electron chi connectivity index (χ0n) is 8.85. The first-order chi connectivity index (χ1) is 6.19. The van der Waals surface area contributed by atoms with E-state index in [1.165, 1.54) is 28.4 Å². The topological polar surface area (TPSA) is 24.9 Å². The highest BCUT2D eigenvalue weighted by Crippen LogP contribution is 2.25. The van der Waals surface area contributed by atoms with Crippen molar-refractivity contribution >= 4 is 11.3 Å². The third-order valence-electron chi connectivity index (χ3n) is 2.27.